The summed E-state index contributed by atoms with van der Waals surface area (Å²) >= 11 is 0. The van der Waals surface area contributed by atoms with Gasteiger partial charge in [0.05, 0.1) is 24.4 Å². The number of nitrogens with zero attached hydrogens (tertiary/aromatic N) is 3. The smallest absolute Gasteiger partial charge is 0.322 e. The molecule has 26 heavy (non-hydrogen) atoms. The molecule has 7 nitrogen and oxygen atoms in total. The van der Waals surface area contributed by atoms with Crippen LogP contribution in [0.3, 0.4) is 0 Å². The van der Waals surface area contributed by atoms with E-state index in [1.54, 1.807) is 12.3 Å². The van der Waals surface area contributed by atoms with E-state index in [4.69, 9.17) is 9.47 Å². The lowest BCUT2D eigenvalue weighted by Gasteiger charge is -2.26. The van der Waals surface area contributed by atoms with E-state index in [-0.39, 0.29) is 12.4 Å². The van der Waals surface area contributed by atoms with E-state index in [9.17, 15) is 9.59 Å². The number of esters is 1. The molecule has 134 valence electrons. The summed E-state index contributed by atoms with van der Waals surface area (Å²) in [5.74, 6) is -1.84. The van der Waals surface area contributed by atoms with Gasteiger partial charge in [0.1, 0.15) is 6.61 Å². The molecule has 2 aromatic rings. The highest BCUT2D eigenvalue weighted by Gasteiger charge is 2.33. The fraction of sp³-hybridized carbons (Fsp3) is 0.368. The van der Waals surface area contributed by atoms with Crippen LogP contribution in [0.1, 0.15) is 10.4 Å². The normalized spacial score (nSPS) is 20.2. The largest absolute Gasteiger partial charge is 0.463 e. The Morgan fingerprint density at radius 3 is 2.96 bits per heavy atom. The van der Waals surface area contributed by atoms with Crippen LogP contribution < -0.4 is 0 Å². The summed E-state index contributed by atoms with van der Waals surface area (Å²) in [5.41, 5.74) is 1.59. The highest BCUT2D eigenvalue weighted by atomic mass is 16.5. The van der Waals surface area contributed by atoms with Crippen molar-refractivity contribution in [1.29, 1.82) is 0 Å². The summed E-state index contributed by atoms with van der Waals surface area (Å²) in [4.78, 5) is 35.9. The molecule has 0 amide bonds. The molecule has 0 N–H and O–H groups in total. The lowest BCUT2D eigenvalue weighted by Crippen LogP contribution is -2.39. The summed E-state index contributed by atoms with van der Waals surface area (Å²) in [6.07, 6.45) is 3.03. The SMILES string of the molecule is O=C(OCCN1CCOCC1)C1C=Nc2c(ccc3cccnc23)C1=O. The molecule has 0 saturated carbocycles. The second kappa shape index (κ2) is 7.31. The number of carbonyl (C=O) groups is 2. The van der Waals surface area contributed by atoms with E-state index in [1.807, 2.05) is 18.2 Å². The van der Waals surface area contributed by atoms with Crippen molar-refractivity contribution in [2.45, 2.75) is 0 Å². The number of benzene rings is 1. The van der Waals surface area contributed by atoms with Gasteiger partial charge in [-0.2, -0.15) is 0 Å². The van der Waals surface area contributed by atoms with Crippen LogP contribution in [0.4, 0.5) is 5.69 Å². The molecule has 2 aliphatic heterocycles. The molecule has 2 aliphatic rings. The van der Waals surface area contributed by atoms with Crippen molar-refractivity contribution in [3.05, 3.63) is 36.0 Å². The molecule has 1 aromatic carbocycles. The van der Waals surface area contributed by atoms with Crippen molar-refractivity contribution in [1.82, 2.24) is 9.88 Å². The average Bonchev–Trinajstić information content (AvgIpc) is 2.69. The number of hydrogen-bond donors (Lipinski definition) is 0. The summed E-state index contributed by atoms with van der Waals surface area (Å²) in [5, 5.41) is 0.905. The van der Waals surface area contributed by atoms with Crippen molar-refractivity contribution in [2.24, 2.45) is 10.9 Å². The number of ether oxygens (including phenoxy) is 2. The standard InChI is InChI=1S/C19H19N3O4/c23-18-14-4-3-13-2-1-5-20-16(13)17(14)21-12-15(18)19(24)26-11-8-22-6-9-25-10-7-22/h1-5,12,15H,6-11H2. The van der Waals surface area contributed by atoms with E-state index in [2.05, 4.69) is 14.9 Å². The van der Waals surface area contributed by atoms with E-state index < -0.39 is 11.9 Å². The lowest BCUT2D eigenvalue weighted by atomic mass is 9.93. The number of carbonyl (C=O) groups excluding carboxylic acids is 2. The molecule has 1 unspecified atom stereocenters. The Kier molecular flexibility index (Phi) is 4.73. The van der Waals surface area contributed by atoms with Crippen LogP contribution in [0, 0.1) is 5.92 Å². The number of fused-ring (bicyclic) bond motifs is 3. The number of aromatic nitrogens is 1. The van der Waals surface area contributed by atoms with E-state index in [0.29, 0.717) is 36.5 Å². The van der Waals surface area contributed by atoms with Crippen LogP contribution in [0.25, 0.3) is 10.9 Å². The van der Waals surface area contributed by atoms with Gasteiger partial charge in [0.2, 0.25) is 0 Å². The summed E-state index contributed by atoms with van der Waals surface area (Å²) in [6, 6.07) is 7.26. The third-order valence-electron chi connectivity index (χ3n) is 4.66. The zero-order valence-corrected chi connectivity index (χ0v) is 14.3. The van der Waals surface area contributed by atoms with Gasteiger partial charge in [0.15, 0.2) is 11.7 Å². The number of pyridine rings is 1. The first-order chi connectivity index (χ1) is 12.7. The highest BCUT2D eigenvalue weighted by Crippen LogP contribution is 2.33. The number of Topliss-reactive ketones (excluding diaryl/α,β-unsaturated/α-hetero) is 1. The molecule has 1 atom stereocenters. The molecule has 4 rings (SSSR count). The number of aliphatic imine (C=N–C) groups is 1. The minimum Gasteiger partial charge on any atom is -0.463 e. The monoisotopic (exact) mass is 353 g/mol. The van der Waals surface area contributed by atoms with Crippen LogP contribution in [0.2, 0.25) is 0 Å². The Bertz CT molecular complexity index is 874. The second-order valence-electron chi connectivity index (χ2n) is 6.28. The minimum absolute atomic E-state index is 0.253. The first-order valence-corrected chi connectivity index (χ1v) is 8.67. The summed E-state index contributed by atoms with van der Waals surface area (Å²) in [7, 11) is 0. The average molecular weight is 353 g/mol. The number of morpholine rings is 1. The van der Waals surface area contributed by atoms with E-state index in [1.165, 1.54) is 6.21 Å². The van der Waals surface area contributed by atoms with Crippen LogP contribution in [0.5, 0.6) is 0 Å². The van der Waals surface area contributed by atoms with Gasteiger partial charge in [-0.3, -0.25) is 24.5 Å². The zero-order chi connectivity index (χ0) is 17.9. The molecule has 0 bridgehead atoms. The molecular weight excluding hydrogens is 334 g/mol. The van der Waals surface area contributed by atoms with Crippen molar-refractivity contribution in [3.8, 4) is 0 Å². The molecule has 0 radical (unpaired) electrons. The minimum atomic E-state index is -0.992. The Hall–Kier alpha value is -2.64. The topological polar surface area (TPSA) is 81.1 Å². The molecule has 1 aromatic heterocycles. The Morgan fingerprint density at radius 1 is 1.27 bits per heavy atom. The van der Waals surface area contributed by atoms with Gasteiger partial charge in [-0.1, -0.05) is 12.1 Å². The third-order valence-corrected chi connectivity index (χ3v) is 4.66. The predicted molar refractivity (Wildman–Crippen MR) is 95.9 cm³/mol. The molecule has 7 heteroatoms. The fourth-order valence-electron chi connectivity index (χ4n) is 3.20. The van der Waals surface area contributed by atoms with Gasteiger partial charge < -0.3 is 9.47 Å². The highest BCUT2D eigenvalue weighted by molar-refractivity contribution is 6.24. The first kappa shape index (κ1) is 16.8. The maximum Gasteiger partial charge on any atom is 0.322 e. The van der Waals surface area contributed by atoms with Gasteiger partial charge in [-0.15, -0.1) is 0 Å². The molecule has 0 aliphatic carbocycles. The van der Waals surface area contributed by atoms with Crippen LogP contribution in [-0.2, 0) is 14.3 Å². The molecule has 0 spiro atoms. The molecule has 1 fully saturated rings. The summed E-state index contributed by atoms with van der Waals surface area (Å²) in [6.45, 7) is 3.94. The van der Waals surface area contributed by atoms with Gasteiger partial charge in [0, 0.05) is 43.0 Å². The summed E-state index contributed by atoms with van der Waals surface area (Å²) < 4.78 is 10.6. The maximum atomic E-state index is 12.7. The number of rotatable bonds is 4. The van der Waals surface area contributed by atoms with E-state index in [0.717, 1.165) is 18.5 Å². The first-order valence-electron chi connectivity index (χ1n) is 8.67. The fourth-order valence-corrected chi connectivity index (χ4v) is 3.20. The van der Waals surface area contributed by atoms with Gasteiger partial charge in [-0.05, 0) is 12.1 Å². The predicted octanol–water partition coefficient (Wildman–Crippen LogP) is 1.63. The lowest BCUT2D eigenvalue weighted by molar-refractivity contribution is -0.145. The zero-order valence-electron chi connectivity index (χ0n) is 14.3. The van der Waals surface area contributed by atoms with Gasteiger partial charge >= 0.3 is 5.97 Å². The van der Waals surface area contributed by atoms with Crippen molar-refractivity contribution >= 4 is 34.6 Å². The van der Waals surface area contributed by atoms with Gasteiger partial charge in [0.25, 0.3) is 0 Å². The second-order valence-corrected chi connectivity index (χ2v) is 6.28. The van der Waals surface area contributed by atoms with Crippen LogP contribution in [0.15, 0.2) is 35.5 Å². The Morgan fingerprint density at radius 2 is 2.12 bits per heavy atom. The van der Waals surface area contributed by atoms with E-state index >= 15 is 0 Å². The van der Waals surface area contributed by atoms with Crippen molar-refractivity contribution in [3.63, 3.8) is 0 Å². The quantitative estimate of drug-likeness (QED) is 0.614. The van der Waals surface area contributed by atoms with Gasteiger partial charge in [-0.25, -0.2) is 0 Å². The molecule has 3 heterocycles. The molecular formula is C19H19N3O4. The third kappa shape index (κ3) is 3.23. The molecule has 1 saturated heterocycles. The van der Waals surface area contributed by atoms with Crippen LogP contribution in [-0.4, -0.2) is 67.3 Å². The Labute approximate surface area is 150 Å². The Balaban J connectivity index is 1.44. The number of ketones is 1. The van der Waals surface area contributed by atoms with Crippen LogP contribution >= 0.6 is 0 Å². The number of hydrogen-bond acceptors (Lipinski definition) is 7. The van der Waals surface area contributed by atoms with Crippen molar-refractivity contribution in [2.75, 3.05) is 39.5 Å². The maximum absolute atomic E-state index is 12.7. The van der Waals surface area contributed by atoms with Crippen molar-refractivity contribution < 1.29 is 19.1 Å².